The Morgan fingerprint density at radius 1 is 1.21 bits per heavy atom. The first-order chi connectivity index (χ1) is 8.84. The number of hydrogen-bond donors (Lipinski definition) is 1. The van der Waals surface area contributed by atoms with E-state index in [-0.39, 0.29) is 11.5 Å². The van der Waals surface area contributed by atoms with Crippen LogP contribution in [0.5, 0.6) is 5.88 Å². The average Bonchev–Trinajstić information content (AvgIpc) is 2.25. The normalized spacial score (nSPS) is 23.3. The van der Waals surface area contributed by atoms with Gasteiger partial charge < -0.3 is 10.1 Å². The molecule has 1 aromatic rings. The van der Waals surface area contributed by atoms with E-state index in [9.17, 15) is 0 Å². The summed E-state index contributed by atoms with van der Waals surface area (Å²) < 4.78 is 5.82. The third-order valence-electron chi connectivity index (χ3n) is 3.35. The van der Waals surface area contributed by atoms with Gasteiger partial charge in [0, 0.05) is 17.5 Å². The molecular formula is C15H25N3O. The summed E-state index contributed by atoms with van der Waals surface area (Å²) in [6, 6.07) is 1.13. The van der Waals surface area contributed by atoms with E-state index < -0.39 is 0 Å². The summed E-state index contributed by atoms with van der Waals surface area (Å²) in [5.41, 5.74) is 1.03. The predicted octanol–water partition coefficient (Wildman–Crippen LogP) is 2.68. The van der Waals surface area contributed by atoms with Crippen molar-refractivity contribution in [1.82, 2.24) is 15.3 Å². The molecule has 1 heterocycles. The lowest BCUT2D eigenvalue weighted by Crippen LogP contribution is -2.49. The zero-order valence-electron chi connectivity index (χ0n) is 12.6. The fourth-order valence-electron chi connectivity index (χ4n) is 2.20. The molecule has 1 saturated carbocycles. The maximum atomic E-state index is 5.82. The van der Waals surface area contributed by atoms with Gasteiger partial charge in [-0.05, 0) is 12.8 Å². The van der Waals surface area contributed by atoms with Crippen molar-refractivity contribution in [3.05, 3.63) is 18.1 Å². The van der Waals surface area contributed by atoms with Crippen LogP contribution in [0, 0.1) is 0 Å². The van der Waals surface area contributed by atoms with Gasteiger partial charge in [0.1, 0.15) is 6.10 Å². The highest BCUT2D eigenvalue weighted by Crippen LogP contribution is 2.26. The summed E-state index contributed by atoms with van der Waals surface area (Å²) in [5.74, 6) is 0.640. The molecule has 0 spiro atoms. The van der Waals surface area contributed by atoms with Gasteiger partial charge in [-0.1, -0.05) is 34.6 Å². The molecule has 0 aromatic carbocycles. The highest BCUT2D eigenvalue weighted by Gasteiger charge is 2.31. The van der Waals surface area contributed by atoms with Gasteiger partial charge in [0.15, 0.2) is 0 Å². The molecule has 1 aliphatic carbocycles. The van der Waals surface area contributed by atoms with Crippen LogP contribution in [0.3, 0.4) is 0 Å². The molecule has 1 aliphatic rings. The van der Waals surface area contributed by atoms with Crippen LogP contribution in [0.15, 0.2) is 12.4 Å². The zero-order valence-corrected chi connectivity index (χ0v) is 12.6. The summed E-state index contributed by atoms with van der Waals surface area (Å²) in [6.07, 6.45) is 5.95. The summed E-state index contributed by atoms with van der Waals surface area (Å²) in [5, 5.41) is 3.51. The molecule has 1 fully saturated rings. The third-order valence-corrected chi connectivity index (χ3v) is 3.35. The van der Waals surface area contributed by atoms with Crippen LogP contribution in [-0.4, -0.2) is 28.2 Å². The molecule has 4 nitrogen and oxygen atoms in total. The minimum Gasteiger partial charge on any atom is -0.473 e. The van der Waals surface area contributed by atoms with Crippen molar-refractivity contribution in [3.8, 4) is 5.88 Å². The van der Waals surface area contributed by atoms with Crippen LogP contribution in [0.1, 0.15) is 53.2 Å². The maximum absolute atomic E-state index is 5.82. The van der Waals surface area contributed by atoms with E-state index in [1.165, 1.54) is 0 Å². The molecule has 0 unspecified atom stereocenters. The van der Waals surface area contributed by atoms with Crippen molar-refractivity contribution in [2.75, 3.05) is 0 Å². The average molecular weight is 263 g/mol. The van der Waals surface area contributed by atoms with Crippen LogP contribution < -0.4 is 10.1 Å². The van der Waals surface area contributed by atoms with Crippen LogP contribution in [0.25, 0.3) is 0 Å². The van der Waals surface area contributed by atoms with Gasteiger partial charge >= 0.3 is 0 Å². The molecule has 1 aromatic heterocycles. The summed E-state index contributed by atoms with van der Waals surface area (Å²) >= 11 is 0. The number of ether oxygens (including phenoxy) is 1. The first-order valence-corrected chi connectivity index (χ1v) is 7.10. The molecule has 0 radical (unpaired) electrons. The van der Waals surface area contributed by atoms with Crippen LogP contribution in [-0.2, 0) is 5.41 Å². The van der Waals surface area contributed by atoms with Gasteiger partial charge in [0.05, 0.1) is 18.1 Å². The van der Waals surface area contributed by atoms with Crippen LogP contribution in [0.2, 0.25) is 0 Å². The Kier molecular flexibility index (Phi) is 4.09. The number of nitrogens with one attached hydrogen (secondary N) is 1. The first kappa shape index (κ1) is 14.3. The van der Waals surface area contributed by atoms with Crippen molar-refractivity contribution >= 4 is 0 Å². The minimum atomic E-state index is 0.0360. The molecule has 4 heteroatoms. The van der Waals surface area contributed by atoms with Crippen molar-refractivity contribution in [3.63, 3.8) is 0 Å². The van der Waals surface area contributed by atoms with Crippen molar-refractivity contribution in [2.45, 2.75) is 71.1 Å². The van der Waals surface area contributed by atoms with E-state index >= 15 is 0 Å². The number of nitrogens with zero attached hydrogens (tertiary/aromatic N) is 2. The lowest BCUT2D eigenvalue weighted by atomic mass is 9.89. The number of rotatable bonds is 4. The molecule has 0 atom stereocenters. The predicted molar refractivity (Wildman–Crippen MR) is 76.4 cm³/mol. The van der Waals surface area contributed by atoms with Gasteiger partial charge in [0.25, 0.3) is 0 Å². The van der Waals surface area contributed by atoms with Crippen molar-refractivity contribution in [2.24, 2.45) is 0 Å². The van der Waals surface area contributed by atoms with E-state index in [0.717, 1.165) is 18.5 Å². The van der Waals surface area contributed by atoms with Crippen LogP contribution >= 0.6 is 0 Å². The van der Waals surface area contributed by atoms with Gasteiger partial charge in [-0.2, -0.15) is 0 Å². The molecule has 0 bridgehead atoms. The molecule has 0 aliphatic heterocycles. The Balaban J connectivity index is 1.82. The van der Waals surface area contributed by atoms with Gasteiger partial charge in [-0.15, -0.1) is 0 Å². The topological polar surface area (TPSA) is 47.0 Å². The number of hydrogen-bond acceptors (Lipinski definition) is 4. The summed E-state index contributed by atoms with van der Waals surface area (Å²) in [7, 11) is 0. The quantitative estimate of drug-likeness (QED) is 0.907. The van der Waals surface area contributed by atoms with Gasteiger partial charge in [0.2, 0.25) is 5.88 Å². The van der Waals surface area contributed by atoms with Gasteiger partial charge in [-0.25, -0.2) is 4.98 Å². The Hall–Kier alpha value is -1.16. The molecule has 0 saturated heterocycles. The van der Waals surface area contributed by atoms with E-state index in [0.29, 0.717) is 18.0 Å². The third kappa shape index (κ3) is 3.90. The Morgan fingerprint density at radius 3 is 2.37 bits per heavy atom. The lowest BCUT2D eigenvalue weighted by molar-refractivity contribution is 0.0767. The highest BCUT2D eigenvalue weighted by molar-refractivity contribution is 5.14. The zero-order chi connectivity index (χ0) is 14.0. The molecule has 2 rings (SSSR count). The Labute approximate surface area is 116 Å². The summed E-state index contributed by atoms with van der Waals surface area (Å²) in [4.78, 5) is 8.77. The van der Waals surface area contributed by atoms with Crippen molar-refractivity contribution in [1.29, 1.82) is 0 Å². The van der Waals surface area contributed by atoms with E-state index in [1.807, 2.05) is 6.20 Å². The first-order valence-electron chi connectivity index (χ1n) is 7.10. The molecule has 106 valence electrons. The molecule has 0 amide bonds. The van der Waals surface area contributed by atoms with Crippen LogP contribution in [0.4, 0.5) is 0 Å². The molecule has 19 heavy (non-hydrogen) atoms. The maximum Gasteiger partial charge on any atom is 0.232 e. The van der Waals surface area contributed by atoms with Gasteiger partial charge in [-0.3, -0.25) is 4.98 Å². The smallest absolute Gasteiger partial charge is 0.232 e. The SMILES string of the molecule is CC(C)N[C@H]1C[C@H](Oc2cnc(C(C)(C)C)cn2)C1. The highest BCUT2D eigenvalue weighted by atomic mass is 16.5. The fraction of sp³-hybridized carbons (Fsp3) is 0.733. The second kappa shape index (κ2) is 5.45. The Bertz CT molecular complexity index is 402. The van der Waals surface area contributed by atoms with E-state index in [4.69, 9.17) is 4.74 Å². The molecule has 1 N–H and O–H groups in total. The molecular weight excluding hydrogens is 238 g/mol. The van der Waals surface area contributed by atoms with E-state index in [1.54, 1.807) is 6.20 Å². The standard InChI is InChI=1S/C15H25N3O/c1-10(2)18-11-6-12(7-11)19-14-9-16-13(8-17-14)15(3,4)5/h8-12,18H,6-7H2,1-5H3/t11-,12-. The second-order valence-electron chi connectivity index (χ2n) is 6.72. The second-order valence-corrected chi connectivity index (χ2v) is 6.72. The minimum absolute atomic E-state index is 0.0360. The fourth-order valence-corrected chi connectivity index (χ4v) is 2.20. The Morgan fingerprint density at radius 2 is 1.89 bits per heavy atom. The lowest BCUT2D eigenvalue weighted by Gasteiger charge is -2.36. The summed E-state index contributed by atoms with van der Waals surface area (Å²) in [6.45, 7) is 10.7. The monoisotopic (exact) mass is 263 g/mol. The van der Waals surface area contributed by atoms with E-state index in [2.05, 4.69) is 49.9 Å². The largest absolute Gasteiger partial charge is 0.473 e. The number of aromatic nitrogens is 2. The van der Waals surface area contributed by atoms with Crippen molar-refractivity contribution < 1.29 is 4.74 Å².